The zero-order chi connectivity index (χ0) is 13.1. The van der Waals surface area contributed by atoms with E-state index < -0.39 is 5.97 Å². The summed E-state index contributed by atoms with van der Waals surface area (Å²) in [6.45, 7) is 4.21. The molecule has 2 rings (SSSR count). The first-order valence-corrected chi connectivity index (χ1v) is 6.17. The Hall–Kier alpha value is -1.33. The van der Waals surface area contributed by atoms with Crippen molar-refractivity contribution in [2.75, 3.05) is 20.2 Å². The van der Waals surface area contributed by atoms with Gasteiger partial charge in [-0.15, -0.1) is 0 Å². The summed E-state index contributed by atoms with van der Waals surface area (Å²) in [6.07, 6.45) is 2.16. The van der Waals surface area contributed by atoms with Crippen molar-refractivity contribution in [1.82, 2.24) is 4.90 Å². The minimum absolute atomic E-state index is 0.255. The summed E-state index contributed by atoms with van der Waals surface area (Å²) in [5.41, 5.74) is 0.809. The lowest BCUT2D eigenvalue weighted by atomic mass is 9.96. The van der Waals surface area contributed by atoms with Crippen molar-refractivity contribution in [1.29, 1.82) is 0 Å². The van der Waals surface area contributed by atoms with E-state index in [0.717, 1.165) is 18.5 Å². The van der Waals surface area contributed by atoms with Gasteiger partial charge >= 0.3 is 5.97 Å². The number of carbonyl (C=O) groups excluding carboxylic acids is 1. The molecule has 1 aliphatic rings. The molecule has 0 spiro atoms. The third kappa shape index (κ3) is 2.73. The summed E-state index contributed by atoms with van der Waals surface area (Å²) in [7, 11) is 1.33. The number of aliphatic hydroxyl groups excluding tert-OH is 1. The van der Waals surface area contributed by atoms with Gasteiger partial charge < -0.3 is 14.3 Å². The fraction of sp³-hybridized carbons (Fsp3) is 0.615. The maximum Gasteiger partial charge on any atom is 0.374 e. The van der Waals surface area contributed by atoms with Crippen LogP contribution in [-0.4, -0.2) is 42.3 Å². The number of aliphatic hydroxyl groups is 1. The Labute approximate surface area is 106 Å². The van der Waals surface area contributed by atoms with Crippen LogP contribution in [0.1, 0.15) is 29.5 Å². The first-order chi connectivity index (χ1) is 8.61. The van der Waals surface area contributed by atoms with E-state index in [-0.39, 0.29) is 11.9 Å². The smallest absolute Gasteiger partial charge is 0.374 e. The molecule has 0 amide bonds. The summed E-state index contributed by atoms with van der Waals surface area (Å²) < 4.78 is 9.81. The van der Waals surface area contributed by atoms with E-state index in [0.29, 0.717) is 19.0 Å². The minimum atomic E-state index is -0.457. The van der Waals surface area contributed by atoms with Gasteiger partial charge in [-0.25, -0.2) is 4.79 Å². The van der Waals surface area contributed by atoms with Crippen molar-refractivity contribution in [2.24, 2.45) is 5.92 Å². The van der Waals surface area contributed by atoms with Crippen LogP contribution in [-0.2, 0) is 11.3 Å². The zero-order valence-electron chi connectivity index (χ0n) is 10.8. The highest BCUT2D eigenvalue weighted by molar-refractivity contribution is 5.87. The van der Waals surface area contributed by atoms with Crippen LogP contribution >= 0.6 is 0 Å². The molecule has 18 heavy (non-hydrogen) atoms. The van der Waals surface area contributed by atoms with E-state index in [1.807, 2.05) is 0 Å². The number of esters is 1. The minimum Gasteiger partial charge on any atom is -0.463 e. The normalized spacial score (nSPS) is 25.1. The Bertz CT molecular complexity index is 415. The molecule has 2 unspecified atom stereocenters. The van der Waals surface area contributed by atoms with Crippen molar-refractivity contribution in [3.8, 4) is 0 Å². The highest BCUT2D eigenvalue weighted by atomic mass is 16.5. The highest BCUT2D eigenvalue weighted by Gasteiger charge is 2.26. The van der Waals surface area contributed by atoms with Crippen LogP contribution in [0, 0.1) is 5.92 Å². The number of likely N-dealkylation sites (tertiary alicyclic amines) is 1. The molecular formula is C13H19NO4. The Balaban J connectivity index is 2.02. The molecule has 2 heterocycles. The number of β-amino-alcohol motifs (C(OH)–C–C–N with tert-alkyl or cyclic N) is 1. The van der Waals surface area contributed by atoms with Gasteiger partial charge in [0.1, 0.15) is 0 Å². The van der Waals surface area contributed by atoms with Gasteiger partial charge in [-0.05, 0) is 24.9 Å². The van der Waals surface area contributed by atoms with Crippen LogP contribution in [0.15, 0.2) is 16.7 Å². The van der Waals surface area contributed by atoms with E-state index >= 15 is 0 Å². The first kappa shape index (κ1) is 13.1. The van der Waals surface area contributed by atoms with Crippen LogP contribution < -0.4 is 0 Å². The number of methoxy groups -OCH3 is 1. The topological polar surface area (TPSA) is 62.9 Å². The second-order valence-corrected chi connectivity index (χ2v) is 4.83. The molecule has 0 radical (unpaired) electrons. The Morgan fingerprint density at radius 2 is 2.44 bits per heavy atom. The van der Waals surface area contributed by atoms with Gasteiger partial charge in [0.05, 0.1) is 19.5 Å². The Morgan fingerprint density at radius 1 is 1.67 bits per heavy atom. The van der Waals surface area contributed by atoms with E-state index in [1.165, 1.54) is 13.4 Å². The van der Waals surface area contributed by atoms with Gasteiger partial charge in [0.15, 0.2) is 0 Å². The predicted molar refractivity (Wildman–Crippen MR) is 65.1 cm³/mol. The molecule has 1 aromatic heterocycles. The molecule has 1 fully saturated rings. The van der Waals surface area contributed by atoms with E-state index in [9.17, 15) is 9.90 Å². The van der Waals surface area contributed by atoms with E-state index in [4.69, 9.17) is 4.42 Å². The molecule has 0 saturated carbocycles. The van der Waals surface area contributed by atoms with Gasteiger partial charge in [-0.1, -0.05) is 6.92 Å². The molecule has 2 atom stereocenters. The first-order valence-electron chi connectivity index (χ1n) is 6.17. The molecule has 0 aromatic carbocycles. The molecule has 1 aromatic rings. The van der Waals surface area contributed by atoms with Gasteiger partial charge in [0.2, 0.25) is 5.76 Å². The van der Waals surface area contributed by atoms with Crippen LogP contribution in [0.3, 0.4) is 0 Å². The summed E-state index contributed by atoms with van der Waals surface area (Å²) in [6, 6.07) is 1.77. The monoisotopic (exact) mass is 253 g/mol. The van der Waals surface area contributed by atoms with Crippen LogP contribution in [0.4, 0.5) is 0 Å². The number of rotatable bonds is 3. The number of ether oxygens (including phenoxy) is 1. The fourth-order valence-corrected chi connectivity index (χ4v) is 2.23. The quantitative estimate of drug-likeness (QED) is 0.822. The average molecular weight is 253 g/mol. The van der Waals surface area contributed by atoms with Crippen LogP contribution in [0.25, 0.3) is 0 Å². The Kier molecular flexibility index (Phi) is 4.04. The van der Waals surface area contributed by atoms with Crippen LogP contribution in [0.2, 0.25) is 0 Å². The summed E-state index contributed by atoms with van der Waals surface area (Å²) in [5, 5.41) is 9.84. The molecule has 1 aliphatic heterocycles. The van der Waals surface area contributed by atoms with Crippen LogP contribution in [0.5, 0.6) is 0 Å². The number of piperidine rings is 1. The average Bonchev–Trinajstić information content (AvgIpc) is 2.81. The third-order valence-electron chi connectivity index (χ3n) is 3.51. The number of hydrogen-bond donors (Lipinski definition) is 1. The van der Waals surface area contributed by atoms with Gasteiger partial charge in [-0.3, -0.25) is 4.90 Å². The molecule has 100 valence electrons. The summed E-state index contributed by atoms with van der Waals surface area (Å²) in [5.74, 6) is 0.136. The second-order valence-electron chi connectivity index (χ2n) is 4.83. The van der Waals surface area contributed by atoms with Gasteiger partial charge in [0, 0.05) is 18.7 Å². The number of furan rings is 1. The lowest BCUT2D eigenvalue weighted by molar-refractivity contribution is 0.0255. The van der Waals surface area contributed by atoms with Crippen molar-refractivity contribution < 1.29 is 19.1 Å². The summed E-state index contributed by atoms with van der Waals surface area (Å²) in [4.78, 5) is 13.6. The molecule has 0 bridgehead atoms. The largest absolute Gasteiger partial charge is 0.463 e. The van der Waals surface area contributed by atoms with Gasteiger partial charge in [0.25, 0.3) is 0 Å². The predicted octanol–water partition coefficient (Wildman–Crippen LogP) is 1.27. The van der Waals surface area contributed by atoms with E-state index in [1.54, 1.807) is 6.07 Å². The second kappa shape index (κ2) is 5.54. The number of nitrogens with zero attached hydrogens (tertiary/aromatic N) is 1. The fourth-order valence-electron chi connectivity index (χ4n) is 2.23. The maximum atomic E-state index is 11.5. The van der Waals surface area contributed by atoms with Crippen molar-refractivity contribution in [3.05, 3.63) is 23.7 Å². The molecule has 1 N–H and O–H groups in total. The molecule has 0 aliphatic carbocycles. The standard InChI is InChI=1S/C13H19NO4/c1-9-3-5-14(8-11(9)15)7-10-4-6-18-12(10)13(16)17-2/h4,6,9,11,15H,3,5,7-8H2,1-2H3. The summed E-state index contributed by atoms with van der Waals surface area (Å²) >= 11 is 0. The van der Waals surface area contributed by atoms with Crippen molar-refractivity contribution in [2.45, 2.75) is 26.0 Å². The van der Waals surface area contributed by atoms with Crippen molar-refractivity contribution in [3.63, 3.8) is 0 Å². The lowest BCUT2D eigenvalue weighted by Gasteiger charge is -2.34. The molecular weight excluding hydrogens is 234 g/mol. The SMILES string of the molecule is COC(=O)c1occc1CN1CCC(C)C(O)C1. The zero-order valence-corrected chi connectivity index (χ0v) is 10.8. The number of hydrogen-bond acceptors (Lipinski definition) is 5. The lowest BCUT2D eigenvalue weighted by Crippen LogP contribution is -2.42. The van der Waals surface area contributed by atoms with E-state index in [2.05, 4.69) is 16.6 Å². The Morgan fingerprint density at radius 3 is 3.11 bits per heavy atom. The third-order valence-corrected chi connectivity index (χ3v) is 3.51. The highest BCUT2D eigenvalue weighted by Crippen LogP contribution is 2.21. The molecule has 5 heteroatoms. The maximum absolute atomic E-state index is 11.5. The van der Waals surface area contributed by atoms with Crippen molar-refractivity contribution >= 4 is 5.97 Å². The number of carbonyl (C=O) groups is 1. The van der Waals surface area contributed by atoms with Gasteiger partial charge in [-0.2, -0.15) is 0 Å². The molecule has 5 nitrogen and oxygen atoms in total. The molecule has 1 saturated heterocycles.